The van der Waals surface area contributed by atoms with Gasteiger partial charge in [0.05, 0.1) is 18.3 Å². The van der Waals surface area contributed by atoms with E-state index in [0.717, 1.165) is 5.69 Å². The predicted molar refractivity (Wildman–Crippen MR) is 65.9 cm³/mol. The third-order valence-electron chi connectivity index (χ3n) is 2.37. The van der Waals surface area contributed by atoms with Crippen LogP contribution in [0.3, 0.4) is 0 Å². The van der Waals surface area contributed by atoms with Crippen LogP contribution < -0.4 is 5.32 Å². The monoisotopic (exact) mass is 260 g/mol. The Kier molecular flexibility index (Phi) is 3.87. The van der Waals surface area contributed by atoms with Crippen molar-refractivity contribution in [1.82, 2.24) is 20.3 Å². The Hall–Kier alpha value is -2.70. The molecule has 0 radical (unpaired) electrons. The summed E-state index contributed by atoms with van der Waals surface area (Å²) in [6, 6.07) is 9.24. The summed E-state index contributed by atoms with van der Waals surface area (Å²) in [4.78, 5) is 22.0. The Labute approximate surface area is 108 Å². The minimum Gasteiger partial charge on any atom is -0.481 e. The standard InChI is InChI=1S/C12H12N4O3/c17-11(18)6-7-13-12(19)10-8-16(15-14-10)9-4-2-1-3-5-9/h1-5,8H,6-7H2,(H,13,19)(H,17,18). The molecular weight excluding hydrogens is 248 g/mol. The lowest BCUT2D eigenvalue weighted by molar-refractivity contribution is -0.136. The molecular formula is C12H12N4O3. The average Bonchev–Trinajstić information content (AvgIpc) is 2.89. The first-order valence-electron chi connectivity index (χ1n) is 5.64. The van der Waals surface area contributed by atoms with Gasteiger partial charge in [0.15, 0.2) is 5.69 Å². The minimum atomic E-state index is -0.965. The summed E-state index contributed by atoms with van der Waals surface area (Å²) in [5.74, 6) is -1.41. The summed E-state index contributed by atoms with van der Waals surface area (Å²) in [5, 5.41) is 18.5. The molecule has 1 amide bonds. The molecule has 2 aromatic rings. The molecule has 0 saturated heterocycles. The fourth-order valence-electron chi connectivity index (χ4n) is 1.45. The first kappa shape index (κ1) is 12.7. The van der Waals surface area contributed by atoms with Gasteiger partial charge in [-0.25, -0.2) is 4.68 Å². The molecule has 1 aromatic carbocycles. The zero-order valence-electron chi connectivity index (χ0n) is 9.98. The van der Waals surface area contributed by atoms with Gasteiger partial charge in [-0.05, 0) is 12.1 Å². The molecule has 0 fully saturated rings. The SMILES string of the molecule is O=C(O)CCNC(=O)c1cn(-c2ccccc2)nn1. The van der Waals surface area contributed by atoms with Crippen LogP contribution in [0, 0.1) is 0 Å². The van der Waals surface area contributed by atoms with E-state index in [-0.39, 0.29) is 18.7 Å². The van der Waals surface area contributed by atoms with E-state index in [2.05, 4.69) is 15.6 Å². The highest BCUT2D eigenvalue weighted by atomic mass is 16.4. The highest BCUT2D eigenvalue weighted by Gasteiger charge is 2.11. The molecule has 0 spiro atoms. The Bertz CT molecular complexity index is 580. The number of hydrogen-bond acceptors (Lipinski definition) is 4. The first-order valence-corrected chi connectivity index (χ1v) is 5.64. The molecule has 0 aliphatic rings. The second-order valence-electron chi connectivity index (χ2n) is 3.78. The minimum absolute atomic E-state index is 0.0619. The molecule has 7 heteroatoms. The highest BCUT2D eigenvalue weighted by molar-refractivity contribution is 5.92. The Morgan fingerprint density at radius 2 is 2.00 bits per heavy atom. The molecule has 1 heterocycles. The molecule has 0 unspecified atom stereocenters. The van der Waals surface area contributed by atoms with Crippen LogP contribution in [0.4, 0.5) is 0 Å². The maximum atomic E-state index is 11.7. The number of para-hydroxylation sites is 1. The number of aliphatic carboxylic acids is 1. The molecule has 1 aromatic heterocycles. The summed E-state index contributed by atoms with van der Waals surface area (Å²) in [6.07, 6.45) is 1.37. The summed E-state index contributed by atoms with van der Waals surface area (Å²) >= 11 is 0. The predicted octanol–water partition coefficient (Wildman–Crippen LogP) is 0.472. The third-order valence-corrected chi connectivity index (χ3v) is 2.37. The van der Waals surface area contributed by atoms with Crippen molar-refractivity contribution in [3.8, 4) is 5.69 Å². The molecule has 2 rings (SSSR count). The van der Waals surface area contributed by atoms with Gasteiger partial charge in [-0.1, -0.05) is 23.4 Å². The van der Waals surface area contributed by atoms with Gasteiger partial charge in [0.2, 0.25) is 0 Å². The first-order chi connectivity index (χ1) is 9.16. The molecule has 0 saturated carbocycles. The van der Waals surface area contributed by atoms with Gasteiger partial charge in [-0.15, -0.1) is 5.10 Å². The molecule has 0 bridgehead atoms. The van der Waals surface area contributed by atoms with Crippen LogP contribution in [0.5, 0.6) is 0 Å². The van der Waals surface area contributed by atoms with E-state index in [1.165, 1.54) is 10.9 Å². The van der Waals surface area contributed by atoms with Crippen molar-refractivity contribution in [3.05, 3.63) is 42.2 Å². The maximum absolute atomic E-state index is 11.7. The number of aromatic nitrogens is 3. The van der Waals surface area contributed by atoms with E-state index in [1.807, 2.05) is 30.3 Å². The van der Waals surface area contributed by atoms with E-state index in [0.29, 0.717) is 0 Å². The number of nitrogens with zero attached hydrogens (tertiary/aromatic N) is 3. The van der Waals surface area contributed by atoms with E-state index in [4.69, 9.17) is 5.11 Å². The quantitative estimate of drug-likeness (QED) is 0.814. The van der Waals surface area contributed by atoms with Gasteiger partial charge in [0.1, 0.15) is 0 Å². The fraction of sp³-hybridized carbons (Fsp3) is 0.167. The van der Waals surface area contributed by atoms with Gasteiger partial charge < -0.3 is 10.4 Å². The normalized spacial score (nSPS) is 10.1. The van der Waals surface area contributed by atoms with E-state index >= 15 is 0 Å². The van der Waals surface area contributed by atoms with Crippen LogP contribution in [0.25, 0.3) is 5.69 Å². The van der Waals surface area contributed by atoms with Crippen molar-refractivity contribution in [2.24, 2.45) is 0 Å². The van der Waals surface area contributed by atoms with Gasteiger partial charge in [-0.3, -0.25) is 9.59 Å². The van der Waals surface area contributed by atoms with Crippen LogP contribution in [-0.4, -0.2) is 38.5 Å². The molecule has 2 N–H and O–H groups in total. The summed E-state index contributed by atoms with van der Waals surface area (Å²) in [6.45, 7) is 0.0619. The highest BCUT2D eigenvalue weighted by Crippen LogP contribution is 2.05. The molecule has 19 heavy (non-hydrogen) atoms. The summed E-state index contributed by atoms with van der Waals surface area (Å²) in [5.41, 5.74) is 0.939. The number of rotatable bonds is 5. The summed E-state index contributed by atoms with van der Waals surface area (Å²) in [7, 11) is 0. The molecule has 0 aliphatic heterocycles. The number of carboxylic acid groups (broad SMARTS) is 1. The number of carbonyl (C=O) groups excluding carboxylic acids is 1. The molecule has 0 aliphatic carbocycles. The van der Waals surface area contributed by atoms with E-state index in [1.54, 1.807) is 0 Å². The lowest BCUT2D eigenvalue weighted by atomic mass is 10.3. The number of carboxylic acids is 1. The van der Waals surface area contributed by atoms with Crippen molar-refractivity contribution in [3.63, 3.8) is 0 Å². The summed E-state index contributed by atoms with van der Waals surface area (Å²) < 4.78 is 1.48. The van der Waals surface area contributed by atoms with Crippen molar-refractivity contribution in [2.45, 2.75) is 6.42 Å². The van der Waals surface area contributed by atoms with Crippen molar-refractivity contribution < 1.29 is 14.7 Å². The third kappa shape index (κ3) is 3.38. The number of nitrogens with one attached hydrogen (secondary N) is 1. The van der Waals surface area contributed by atoms with Crippen LogP contribution in [0.2, 0.25) is 0 Å². The molecule has 0 atom stereocenters. The smallest absolute Gasteiger partial charge is 0.305 e. The van der Waals surface area contributed by atoms with Crippen molar-refractivity contribution in [1.29, 1.82) is 0 Å². The second-order valence-corrected chi connectivity index (χ2v) is 3.78. The van der Waals surface area contributed by atoms with E-state index in [9.17, 15) is 9.59 Å². The largest absolute Gasteiger partial charge is 0.481 e. The fourth-order valence-corrected chi connectivity index (χ4v) is 1.45. The van der Waals surface area contributed by atoms with Crippen LogP contribution >= 0.6 is 0 Å². The number of benzene rings is 1. The topological polar surface area (TPSA) is 97.1 Å². The number of hydrogen-bond donors (Lipinski definition) is 2. The Morgan fingerprint density at radius 3 is 2.68 bits per heavy atom. The zero-order valence-corrected chi connectivity index (χ0v) is 9.98. The molecule has 98 valence electrons. The van der Waals surface area contributed by atoms with Crippen LogP contribution in [-0.2, 0) is 4.79 Å². The molecule has 7 nitrogen and oxygen atoms in total. The van der Waals surface area contributed by atoms with Gasteiger partial charge in [0, 0.05) is 6.54 Å². The average molecular weight is 260 g/mol. The van der Waals surface area contributed by atoms with Gasteiger partial charge in [0.25, 0.3) is 5.91 Å². The van der Waals surface area contributed by atoms with Crippen LogP contribution in [0.1, 0.15) is 16.9 Å². The Balaban J connectivity index is 2.01. The van der Waals surface area contributed by atoms with Crippen molar-refractivity contribution >= 4 is 11.9 Å². The zero-order chi connectivity index (χ0) is 13.7. The van der Waals surface area contributed by atoms with Gasteiger partial charge >= 0.3 is 5.97 Å². The lowest BCUT2D eigenvalue weighted by Crippen LogP contribution is -2.26. The number of carbonyl (C=O) groups is 2. The second kappa shape index (κ2) is 5.76. The lowest BCUT2D eigenvalue weighted by Gasteiger charge is -1.99. The number of amides is 1. The van der Waals surface area contributed by atoms with E-state index < -0.39 is 11.9 Å². The maximum Gasteiger partial charge on any atom is 0.305 e. The van der Waals surface area contributed by atoms with Crippen molar-refractivity contribution in [2.75, 3.05) is 6.54 Å². The Morgan fingerprint density at radius 1 is 1.26 bits per heavy atom. The van der Waals surface area contributed by atoms with Crippen LogP contribution in [0.15, 0.2) is 36.5 Å². The van der Waals surface area contributed by atoms with Gasteiger partial charge in [-0.2, -0.15) is 0 Å².